The van der Waals surface area contributed by atoms with E-state index in [1.165, 1.54) is 31.0 Å². The van der Waals surface area contributed by atoms with Crippen molar-refractivity contribution in [3.05, 3.63) is 60.2 Å². The van der Waals surface area contributed by atoms with Gasteiger partial charge >= 0.3 is 0 Å². The van der Waals surface area contributed by atoms with Crippen LogP contribution in [-0.2, 0) is 4.79 Å². The predicted molar refractivity (Wildman–Crippen MR) is 103 cm³/mol. The molecule has 3 rings (SSSR count). The van der Waals surface area contributed by atoms with Gasteiger partial charge in [0.2, 0.25) is 5.91 Å². The average molecular weight is 372 g/mol. The second-order valence-corrected chi connectivity index (χ2v) is 6.16. The Balaban J connectivity index is 0.00000243. The summed E-state index contributed by atoms with van der Waals surface area (Å²) in [5.41, 5.74) is 2.90. The van der Waals surface area contributed by atoms with Gasteiger partial charge in [-0.3, -0.25) is 4.79 Å². The van der Waals surface area contributed by atoms with E-state index < -0.39 is 0 Å². The lowest BCUT2D eigenvalue weighted by Gasteiger charge is -2.28. The summed E-state index contributed by atoms with van der Waals surface area (Å²) in [6, 6.07) is 15.7. The third-order valence-electron chi connectivity index (χ3n) is 4.41. The Bertz CT molecular complexity index is 738. The Morgan fingerprint density at radius 1 is 1.04 bits per heavy atom. The highest BCUT2D eigenvalue weighted by Gasteiger charge is 2.10. The number of benzene rings is 2. The summed E-state index contributed by atoms with van der Waals surface area (Å²) in [6.45, 7) is 2.24. The molecule has 1 N–H and O–H groups in total. The topological polar surface area (TPSA) is 41.6 Å². The first-order chi connectivity index (χ1) is 12.3. The summed E-state index contributed by atoms with van der Waals surface area (Å²) in [4.78, 5) is 14.5. The predicted octanol–water partition coefficient (Wildman–Crippen LogP) is 1.34. The van der Waals surface area contributed by atoms with Crippen LogP contribution in [0.2, 0.25) is 0 Å². The van der Waals surface area contributed by atoms with E-state index >= 15 is 0 Å². The number of rotatable bonds is 5. The fourth-order valence-electron chi connectivity index (χ4n) is 3.06. The van der Waals surface area contributed by atoms with Crippen molar-refractivity contribution in [2.45, 2.75) is 19.3 Å². The number of piperidine rings is 1. The van der Waals surface area contributed by atoms with Gasteiger partial charge in [0.1, 0.15) is 5.75 Å². The SMILES string of the molecule is COc1ccccc1/C=C/C(=O)Nc1ccc(N2CCCCC2)cc1.[Cl-]. The molecule has 1 saturated heterocycles. The number of carbonyl (C=O) groups is 1. The van der Waals surface area contributed by atoms with Gasteiger partial charge in [0.25, 0.3) is 0 Å². The fourth-order valence-corrected chi connectivity index (χ4v) is 3.06. The monoisotopic (exact) mass is 371 g/mol. The number of nitrogens with zero attached hydrogens (tertiary/aromatic N) is 1. The lowest BCUT2D eigenvalue weighted by atomic mass is 10.1. The molecule has 138 valence electrons. The molecular weight excluding hydrogens is 348 g/mol. The first-order valence-electron chi connectivity index (χ1n) is 8.73. The minimum absolute atomic E-state index is 0. The van der Waals surface area contributed by atoms with Crippen LogP contribution in [0.25, 0.3) is 6.08 Å². The zero-order chi connectivity index (χ0) is 17.5. The Morgan fingerprint density at radius 3 is 2.42 bits per heavy atom. The van der Waals surface area contributed by atoms with Crippen LogP contribution in [0, 0.1) is 0 Å². The molecule has 1 aliphatic rings. The van der Waals surface area contributed by atoms with Gasteiger partial charge in [-0.05, 0) is 55.7 Å². The maximum Gasteiger partial charge on any atom is 0.248 e. The summed E-state index contributed by atoms with van der Waals surface area (Å²) in [5, 5.41) is 2.89. The van der Waals surface area contributed by atoms with Crippen molar-refractivity contribution in [1.82, 2.24) is 0 Å². The van der Waals surface area contributed by atoms with Gasteiger partial charge in [0.05, 0.1) is 7.11 Å². The molecular formula is C21H24ClN2O2-. The first kappa shape index (κ1) is 19.9. The normalized spacial score (nSPS) is 14.0. The molecule has 0 spiro atoms. The largest absolute Gasteiger partial charge is 1.00 e. The van der Waals surface area contributed by atoms with Gasteiger partial charge < -0.3 is 27.4 Å². The van der Waals surface area contributed by atoms with Gasteiger partial charge in [-0.1, -0.05) is 18.2 Å². The number of nitrogens with one attached hydrogen (secondary N) is 1. The van der Waals surface area contributed by atoms with Gasteiger partial charge in [0, 0.05) is 36.1 Å². The summed E-state index contributed by atoms with van der Waals surface area (Å²) in [5.74, 6) is 0.592. The number of methoxy groups -OCH3 is 1. The van der Waals surface area contributed by atoms with Crippen molar-refractivity contribution >= 4 is 23.4 Å². The second-order valence-electron chi connectivity index (χ2n) is 6.16. The van der Waals surface area contributed by atoms with Crippen molar-refractivity contribution in [3.63, 3.8) is 0 Å². The number of carbonyl (C=O) groups excluding carboxylic acids is 1. The molecule has 2 aromatic carbocycles. The Kier molecular flexibility index (Phi) is 7.54. The molecule has 1 heterocycles. The minimum Gasteiger partial charge on any atom is -1.00 e. The molecule has 0 bridgehead atoms. The van der Waals surface area contributed by atoms with E-state index in [-0.39, 0.29) is 18.3 Å². The molecule has 0 aliphatic carbocycles. The van der Waals surface area contributed by atoms with Gasteiger partial charge in [0.15, 0.2) is 0 Å². The molecule has 4 nitrogen and oxygen atoms in total. The van der Waals surface area contributed by atoms with Crippen LogP contribution in [0.3, 0.4) is 0 Å². The van der Waals surface area contributed by atoms with E-state index in [1.54, 1.807) is 13.2 Å². The molecule has 2 aromatic rings. The van der Waals surface area contributed by atoms with Crippen LogP contribution >= 0.6 is 0 Å². The highest BCUT2D eigenvalue weighted by molar-refractivity contribution is 6.02. The van der Waals surface area contributed by atoms with Crippen molar-refractivity contribution in [2.24, 2.45) is 0 Å². The van der Waals surface area contributed by atoms with E-state index in [4.69, 9.17) is 4.74 Å². The maximum atomic E-state index is 12.1. The number of hydrogen-bond donors (Lipinski definition) is 1. The summed E-state index contributed by atoms with van der Waals surface area (Å²) >= 11 is 0. The number of amides is 1. The van der Waals surface area contributed by atoms with Crippen LogP contribution in [0.4, 0.5) is 11.4 Å². The number of halogens is 1. The molecule has 5 heteroatoms. The summed E-state index contributed by atoms with van der Waals surface area (Å²) in [6.07, 6.45) is 7.12. The second kappa shape index (κ2) is 9.88. The van der Waals surface area contributed by atoms with Crippen LogP contribution in [0.5, 0.6) is 5.75 Å². The highest BCUT2D eigenvalue weighted by Crippen LogP contribution is 2.22. The van der Waals surface area contributed by atoms with E-state index in [2.05, 4.69) is 22.3 Å². The van der Waals surface area contributed by atoms with Crippen LogP contribution in [-0.4, -0.2) is 26.1 Å². The summed E-state index contributed by atoms with van der Waals surface area (Å²) < 4.78 is 5.28. The maximum absolute atomic E-state index is 12.1. The molecule has 1 amide bonds. The van der Waals surface area contributed by atoms with E-state index in [0.29, 0.717) is 0 Å². The van der Waals surface area contributed by atoms with Gasteiger partial charge in [-0.25, -0.2) is 0 Å². The fraction of sp³-hybridized carbons (Fsp3) is 0.286. The molecule has 0 aromatic heterocycles. The van der Waals surface area contributed by atoms with Crippen LogP contribution in [0.1, 0.15) is 24.8 Å². The highest BCUT2D eigenvalue weighted by atomic mass is 35.5. The van der Waals surface area contributed by atoms with E-state index in [9.17, 15) is 4.79 Å². The number of ether oxygens (including phenoxy) is 1. The molecule has 26 heavy (non-hydrogen) atoms. The Hall–Kier alpha value is -2.46. The third-order valence-corrected chi connectivity index (χ3v) is 4.41. The standard InChI is InChI=1S/C21H24N2O2.ClH/c1-25-20-8-4-3-7-17(20)9-14-21(24)22-18-10-12-19(13-11-18)23-15-5-2-6-16-23;/h3-4,7-14H,2,5-6,15-16H2,1H3,(H,22,24);1H/p-1/b14-9+;. The van der Waals surface area contributed by atoms with Crippen molar-refractivity contribution < 1.29 is 21.9 Å². The van der Waals surface area contributed by atoms with Gasteiger partial charge in [-0.2, -0.15) is 0 Å². The Morgan fingerprint density at radius 2 is 1.73 bits per heavy atom. The average Bonchev–Trinajstić information content (AvgIpc) is 2.68. The molecule has 0 radical (unpaired) electrons. The number of para-hydroxylation sites is 1. The Labute approximate surface area is 161 Å². The quantitative estimate of drug-likeness (QED) is 0.806. The number of hydrogen-bond acceptors (Lipinski definition) is 3. The van der Waals surface area contributed by atoms with Crippen LogP contribution in [0.15, 0.2) is 54.6 Å². The van der Waals surface area contributed by atoms with Crippen molar-refractivity contribution in [1.29, 1.82) is 0 Å². The zero-order valence-corrected chi connectivity index (χ0v) is 15.7. The smallest absolute Gasteiger partial charge is 0.248 e. The molecule has 1 fully saturated rings. The van der Waals surface area contributed by atoms with Crippen molar-refractivity contribution in [2.75, 3.05) is 30.4 Å². The number of anilines is 2. The minimum atomic E-state index is -0.156. The lowest BCUT2D eigenvalue weighted by Crippen LogP contribution is -3.00. The van der Waals surface area contributed by atoms with Gasteiger partial charge in [-0.15, -0.1) is 0 Å². The third kappa shape index (κ3) is 5.27. The van der Waals surface area contributed by atoms with E-state index in [0.717, 1.165) is 30.1 Å². The molecule has 0 atom stereocenters. The first-order valence-corrected chi connectivity index (χ1v) is 8.73. The molecule has 0 saturated carbocycles. The molecule has 0 unspecified atom stereocenters. The summed E-state index contributed by atoms with van der Waals surface area (Å²) in [7, 11) is 1.62. The lowest BCUT2D eigenvalue weighted by molar-refractivity contribution is -0.111. The zero-order valence-electron chi connectivity index (χ0n) is 15.0. The molecule has 1 aliphatic heterocycles. The van der Waals surface area contributed by atoms with E-state index in [1.807, 2.05) is 36.4 Å². The van der Waals surface area contributed by atoms with Crippen LogP contribution < -0.4 is 27.4 Å². The van der Waals surface area contributed by atoms with Crippen molar-refractivity contribution in [3.8, 4) is 5.75 Å².